The van der Waals surface area contributed by atoms with Crippen LogP contribution in [0.2, 0.25) is 0 Å². The van der Waals surface area contributed by atoms with Crippen molar-refractivity contribution in [1.82, 2.24) is 9.78 Å². The first-order valence-corrected chi connectivity index (χ1v) is 4.79. The minimum Gasteiger partial charge on any atom is -0.477 e. The molecule has 1 aromatic rings. The highest BCUT2D eigenvalue weighted by Crippen LogP contribution is 2.25. The molecule has 0 aromatic carbocycles. The number of aliphatic hydroxyl groups is 1. The maximum atomic E-state index is 11.1. The second-order valence-corrected chi connectivity index (χ2v) is 3.21. The van der Waals surface area contributed by atoms with E-state index in [-0.39, 0.29) is 30.5 Å². The van der Waals surface area contributed by atoms with E-state index in [1.807, 2.05) is 0 Å². The van der Waals surface area contributed by atoms with E-state index in [0.717, 1.165) is 0 Å². The summed E-state index contributed by atoms with van der Waals surface area (Å²) in [4.78, 5) is 22.0. The van der Waals surface area contributed by atoms with Gasteiger partial charge in [0.15, 0.2) is 5.56 Å². The van der Waals surface area contributed by atoms with Crippen molar-refractivity contribution in [3.8, 4) is 5.88 Å². The minimum absolute atomic E-state index is 0.0398. The van der Waals surface area contributed by atoms with Crippen LogP contribution in [0.4, 0.5) is 5.82 Å². The van der Waals surface area contributed by atoms with Gasteiger partial charge in [-0.3, -0.25) is 4.79 Å². The fourth-order valence-corrected chi connectivity index (χ4v) is 1.25. The van der Waals surface area contributed by atoms with Crippen molar-refractivity contribution in [2.45, 2.75) is 6.92 Å². The lowest BCUT2D eigenvalue weighted by Gasteiger charge is -2.03. The van der Waals surface area contributed by atoms with Gasteiger partial charge in [0, 0.05) is 14.0 Å². The second kappa shape index (κ2) is 5.30. The smallest absolute Gasteiger partial charge is 0.345 e. The molecular formula is C9H13N3O5. The third-order valence-electron chi connectivity index (χ3n) is 1.85. The summed E-state index contributed by atoms with van der Waals surface area (Å²) in [6, 6.07) is 0. The van der Waals surface area contributed by atoms with E-state index in [0.29, 0.717) is 0 Å². The molecule has 1 rings (SSSR count). The Hall–Kier alpha value is -2.09. The number of aromatic nitrogens is 2. The summed E-state index contributed by atoms with van der Waals surface area (Å²) in [7, 11) is 1.48. The third kappa shape index (κ3) is 2.94. The van der Waals surface area contributed by atoms with Gasteiger partial charge in [0.1, 0.15) is 12.4 Å². The van der Waals surface area contributed by atoms with E-state index in [9.17, 15) is 9.59 Å². The van der Waals surface area contributed by atoms with Crippen LogP contribution < -0.4 is 10.1 Å². The summed E-state index contributed by atoms with van der Waals surface area (Å²) >= 11 is 0. The Morgan fingerprint density at radius 2 is 2.18 bits per heavy atom. The van der Waals surface area contributed by atoms with Gasteiger partial charge in [-0.05, 0) is 0 Å². The molecule has 0 saturated heterocycles. The van der Waals surface area contributed by atoms with Crippen LogP contribution in [0.25, 0.3) is 0 Å². The largest absolute Gasteiger partial charge is 0.477 e. The molecule has 0 fully saturated rings. The predicted molar refractivity (Wildman–Crippen MR) is 57.1 cm³/mol. The highest BCUT2D eigenvalue weighted by atomic mass is 16.5. The van der Waals surface area contributed by atoms with Crippen molar-refractivity contribution < 1.29 is 24.5 Å². The predicted octanol–water partition coefficient (Wildman–Crippen LogP) is -0.552. The number of aromatic carboxylic acids is 1. The SMILES string of the molecule is CC(=O)Nc1c(C(=O)O)c(OCCO)nn1C. The van der Waals surface area contributed by atoms with Crippen molar-refractivity contribution in [1.29, 1.82) is 0 Å². The van der Waals surface area contributed by atoms with E-state index in [1.165, 1.54) is 18.7 Å². The van der Waals surface area contributed by atoms with Crippen LogP contribution in [-0.2, 0) is 11.8 Å². The lowest BCUT2D eigenvalue weighted by molar-refractivity contribution is -0.114. The number of hydrogen-bond acceptors (Lipinski definition) is 5. The van der Waals surface area contributed by atoms with Gasteiger partial charge in [-0.1, -0.05) is 0 Å². The first-order chi connectivity index (χ1) is 7.97. The normalized spacial score (nSPS) is 10.1. The maximum absolute atomic E-state index is 11.1. The van der Waals surface area contributed by atoms with Gasteiger partial charge in [0.2, 0.25) is 11.8 Å². The molecule has 0 aliphatic rings. The number of ether oxygens (including phenoxy) is 1. The molecule has 1 amide bonds. The number of aryl methyl sites for hydroxylation is 1. The van der Waals surface area contributed by atoms with Crippen molar-refractivity contribution in [2.75, 3.05) is 18.5 Å². The van der Waals surface area contributed by atoms with Crippen molar-refractivity contribution in [3.05, 3.63) is 5.56 Å². The summed E-state index contributed by atoms with van der Waals surface area (Å²) in [5, 5.41) is 23.8. The molecule has 0 saturated carbocycles. The molecule has 0 aliphatic carbocycles. The summed E-state index contributed by atoms with van der Waals surface area (Å²) < 4.78 is 6.17. The fourth-order valence-electron chi connectivity index (χ4n) is 1.25. The number of carboxylic acid groups (broad SMARTS) is 1. The molecular weight excluding hydrogens is 230 g/mol. The number of aliphatic hydroxyl groups excluding tert-OH is 1. The Labute approximate surface area is 96.8 Å². The van der Waals surface area contributed by atoms with Crippen LogP contribution >= 0.6 is 0 Å². The van der Waals surface area contributed by atoms with Crippen molar-refractivity contribution in [2.24, 2.45) is 7.05 Å². The van der Waals surface area contributed by atoms with Gasteiger partial charge in [-0.2, -0.15) is 0 Å². The van der Waals surface area contributed by atoms with Crippen LogP contribution in [-0.4, -0.2) is 45.1 Å². The van der Waals surface area contributed by atoms with Crippen molar-refractivity contribution >= 4 is 17.7 Å². The molecule has 17 heavy (non-hydrogen) atoms. The van der Waals surface area contributed by atoms with E-state index in [4.69, 9.17) is 14.9 Å². The molecule has 0 atom stereocenters. The topological polar surface area (TPSA) is 114 Å². The molecule has 0 spiro atoms. The number of nitrogens with one attached hydrogen (secondary N) is 1. The molecule has 1 heterocycles. The Bertz CT molecular complexity index is 440. The average molecular weight is 243 g/mol. The zero-order valence-corrected chi connectivity index (χ0v) is 9.43. The molecule has 0 unspecified atom stereocenters. The van der Waals surface area contributed by atoms with Crippen LogP contribution in [0, 0.1) is 0 Å². The average Bonchev–Trinajstić information content (AvgIpc) is 2.52. The lowest BCUT2D eigenvalue weighted by Crippen LogP contribution is -2.13. The zero-order chi connectivity index (χ0) is 13.0. The van der Waals surface area contributed by atoms with Gasteiger partial charge in [-0.15, -0.1) is 5.10 Å². The molecule has 94 valence electrons. The standard InChI is InChI=1S/C9H13N3O5/c1-5(14)10-7-6(9(15)16)8(11-12(7)2)17-4-3-13/h13H,3-4H2,1-2H3,(H,10,14)(H,15,16). The second-order valence-electron chi connectivity index (χ2n) is 3.21. The van der Waals surface area contributed by atoms with Gasteiger partial charge in [0.05, 0.1) is 6.61 Å². The van der Waals surface area contributed by atoms with E-state index in [1.54, 1.807) is 0 Å². The molecule has 8 nitrogen and oxygen atoms in total. The summed E-state index contributed by atoms with van der Waals surface area (Å²) in [6.07, 6.45) is 0. The number of carboxylic acids is 1. The molecule has 8 heteroatoms. The maximum Gasteiger partial charge on any atom is 0.345 e. The van der Waals surface area contributed by atoms with E-state index >= 15 is 0 Å². The highest BCUT2D eigenvalue weighted by molar-refractivity contribution is 6.00. The number of nitrogens with zero attached hydrogens (tertiary/aromatic N) is 2. The van der Waals surface area contributed by atoms with Crippen LogP contribution in [0.1, 0.15) is 17.3 Å². The molecule has 3 N–H and O–H groups in total. The monoisotopic (exact) mass is 243 g/mol. The van der Waals surface area contributed by atoms with Crippen LogP contribution in [0.3, 0.4) is 0 Å². The number of hydrogen-bond donors (Lipinski definition) is 3. The van der Waals surface area contributed by atoms with Gasteiger partial charge in [0.25, 0.3) is 0 Å². The van der Waals surface area contributed by atoms with Gasteiger partial charge < -0.3 is 20.3 Å². The molecule has 0 bridgehead atoms. The highest BCUT2D eigenvalue weighted by Gasteiger charge is 2.24. The lowest BCUT2D eigenvalue weighted by atomic mass is 10.3. The molecule has 0 radical (unpaired) electrons. The Kier molecular flexibility index (Phi) is 4.05. The fraction of sp³-hybridized carbons (Fsp3) is 0.444. The summed E-state index contributed by atoms with van der Waals surface area (Å²) in [6.45, 7) is 0.925. The molecule has 1 aromatic heterocycles. The van der Waals surface area contributed by atoms with Gasteiger partial charge >= 0.3 is 5.97 Å². The number of rotatable bonds is 5. The number of anilines is 1. The zero-order valence-electron chi connectivity index (χ0n) is 9.43. The number of carbonyl (C=O) groups excluding carboxylic acids is 1. The Morgan fingerprint density at radius 3 is 2.65 bits per heavy atom. The van der Waals surface area contributed by atoms with Crippen LogP contribution in [0.15, 0.2) is 0 Å². The Balaban J connectivity index is 3.14. The van der Waals surface area contributed by atoms with E-state index < -0.39 is 11.9 Å². The summed E-state index contributed by atoms with van der Waals surface area (Å²) in [5.41, 5.74) is -0.240. The minimum atomic E-state index is -1.27. The number of carbonyl (C=O) groups is 2. The van der Waals surface area contributed by atoms with E-state index in [2.05, 4.69) is 10.4 Å². The summed E-state index contributed by atoms with van der Waals surface area (Å²) in [5.74, 6) is -1.78. The first-order valence-electron chi connectivity index (χ1n) is 4.79. The van der Waals surface area contributed by atoms with Crippen LogP contribution in [0.5, 0.6) is 5.88 Å². The Morgan fingerprint density at radius 1 is 1.53 bits per heavy atom. The van der Waals surface area contributed by atoms with Gasteiger partial charge in [-0.25, -0.2) is 9.48 Å². The van der Waals surface area contributed by atoms with Crippen molar-refractivity contribution in [3.63, 3.8) is 0 Å². The first kappa shape index (κ1) is 13.0. The third-order valence-corrected chi connectivity index (χ3v) is 1.85. The molecule has 0 aliphatic heterocycles. The number of amides is 1. The quantitative estimate of drug-likeness (QED) is 0.639.